The van der Waals surface area contributed by atoms with Crippen LogP contribution in [0.4, 0.5) is 0 Å². The molecule has 0 bridgehead atoms. The summed E-state index contributed by atoms with van der Waals surface area (Å²) in [4.78, 5) is 27.2. The lowest BCUT2D eigenvalue weighted by atomic mass is 10.0. The molecule has 2 saturated heterocycles. The molecule has 3 rings (SSSR count). The van der Waals surface area contributed by atoms with E-state index in [0.717, 1.165) is 18.4 Å². The van der Waals surface area contributed by atoms with Gasteiger partial charge >= 0.3 is 0 Å². The van der Waals surface area contributed by atoms with Crippen LogP contribution >= 0.6 is 0 Å². The highest BCUT2D eigenvalue weighted by Gasteiger charge is 2.36. The summed E-state index contributed by atoms with van der Waals surface area (Å²) in [7, 11) is 0. The molecule has 1 aromatic rings. The first kappa shape index (κ1) is 17.3. The van der Waals surface area contributed by atoms with Gasteiger partial charge in [0.1, 0.15) is 5.10 Å². The Bertz CT molecular complexity index is 685. The summed E-state index contributed by atoms with van der Waals surface area (Å²) in [5.41, 5.74) is 1.50. The standard InChI is InChI=1S/C17H22N4O4/c1-2-14-5-3-4-6-15(14)16(22)20-9-8-19(17(20)18-21(23)24)11-13-7-10-25-12-13/h3-6,13H,2,7-12H2,1H3. The molecule has 25 heavy (non-hydrogen) atoms. The third kappa shape index (κ3) is 3.79. The van der Waals surface area contributed by atoms with E-state index in [1.165, 1.54) is 4.90 Å². The van der Waals surface area contributed by atoms with Crippen LogP contribution in [0.5, 0.6) is 0 Å². The minimum absolute atomic E-state index is 0.132. The van der Waals surface area contributed by atoms with Crippen LogP contribution in [0.3, 0.4) is 0 Å². The largest absolute Gasteiger partial charge is 0.381 e. The Morgan fingerprint density at radius 3 is 2.88 bits per heavy atom. The highest BCUT2D eigenvalue weighted by Crippen LogP contribution is 2.21. The Labute approximate surface area is 146 Å². The number of hydrogen-bond acceptors (Lipinski definition) is 4. The molecule has 0 saturated carbocycles. The van der Waals surface area contributed by atoms with Gasteiger partial charge in [-0.1, -0.05) is 25.1 Å². The molecule has 0 N–H and O–H groups in total. The van der Waals surface area contributed by atoms with E-state index in [0.29, 0.717) is 44.3 Å². The third-order valence-corrected chi connectivity index (χ3v) is 4.67. The molecule has 8 nitrogen and oxygen atoms in total. The predicted octanol–water partition coefficient (Wildman–Crippen LogP) is 1.59. The maximum atomic E-state index is 13.0. The number of amides is 1. The van der Waals surface area contributed by atoms with Gasteiger partial charge in [-0.15, -0.1) is 0 Å². The van der Waals surface area contributed by atoms with E-state index < -0.39 is 5.03 Å². The quantitative estimate of drug-likeness (QED) is 0.597. The number of guanidine groups is 1. The first-order valence-corrected chi connectivity index (χ1v) is 8.55. The van der Waals surface area contributed by atoms with Gasteiger partial charge in [-0.2, -0.15) is 0 Å². The van der Waals surface area contributed by atoms with Crippen LogP contribution in [-0.4, -0.2) is 59.5 Å². The summed E-state index contributed by atoms with van der Waals surface area (Å²) < 4.78 is 5.38. The Hall–Kier alpha value is -2.48. The van der Waals surface area contributed by atoms with Crippen molar-refractivity contribution < 1.29 is 14.6 Å². The number of benzene rings is 1. The number of ether oxygens (including phenoxy) is 1. The zero-order valence-corrected chi connectivity index (χ0v) is 14.3. The summed E-state index contributed by atoms with van der Waals surface area (Å²) in [6.07, 6.45) is 1.65. The lowest BCUT2D eigenvalue weighted by Gasteiger charge is -2.22. The van der Waals surface area contributed by atoms with Crippen molar-refractivity contribution in [1.82, 2.24) is 9.80 Å². The first-order valence-electron chi connectivity index (χ1n) is 8.55. The van der Waals surface area contributed by atoms with E-state index in [-0.39, 0.29) is 11.9 Å². The van der Waals surface area contributed by atoms with Crippen molar-refractivity contribution in [2.24, 2.45) is 11.0 Å². The van der Waals surface area contributed by atoms with Gasteiger partial charge in [-0.3, -0.25) is 9.69 Å². The predicted molar refractivity (Wildman–Crippen MR) is 91.8 cm³/mol. The van der Waals surface area contributed by atoms with Gasteiger partial charge in [0, 0.05) is 37.7 Å². The van der Waals surface area contributed by atoms with E-state index in [1.807, 2.05) is 24.0 Å². The first-order chi connectivity index (χ1) is 12.1. The Morgan fingerprint density at radius 1 is 1.40 bits per heavy atom. The summed E-state index contributed by atoms with van der Waals surface area (Å²) in [6.45, 7) is 4.91. The fraction of sp³-hybridized carbons (Fsp3) is 0.529. The van der Waals surface area contributed by atoms with Gasteiger partial charge in [-0.05, 0) is 24.5 Å². The van der Waals surface area contributed by atoms with Gasteiger partial charge < -0.3 is 9.64 Å². The number of rotatable bonds is 5. The van der Waals surface area contributed by atoms with Crippen molar-refractivity contribution in [3.05, 3.63) is 45.5 Å². The molecule has 0 aliphatic carbocycles. The minimum atomic E-state index is -0.731. The van der Waals surface area contributed by atoms with E-state index in [4.69, 9.17) is 4.74 Å². The molecule has 1 amide bonds. The second-order valence-electron chi connectivity index (χ2n) is 6.28. The molecule has 2 heterocycles. The summed E-state index contributed by atoms with van der Waals surface area (Å²) in [5, 5.41) is 13.8. The number of nitrogens with zero attached hydrogens (tertiary/aromatic N) is 4. The number of nitro groups is 1. The second-order valence-corrected chi connectivity index (χ2v) is 6.28. The molecule has 0 spiro atoms. The third-order valence-electron chi connectivity index (χ3n) is 4.67. The Kier molecular flexibility index (Phi) is 5.28. The van der Waals surface area contributed by atoms with Crippen LogP contribution in [0, 0.1) is 16.0 Å². The van der Waals surface area contributed by atoms with Crippen molar-refractivity contribution >= 4 is 11.9 Å². The van der Waals surface area contributed by atoms with Gasteiger partial charge in [0.2, 0.25) is 0 Å². The van der Waals surface area contributed by atoms with Gasteiger partial charge in [-0.25, -0.2) is 10.1 Å². The van der Waals surface area contributed by atoms with Crippen LogP contribution < -0.4 is 0 Å². The smallest absolute Gasteiger partial charge is 0.281 e. The molecule has 0 aromatic heterocycles. The second kappa shape index (κ2) is 7.60. The fourth-order valence-electron chi connectivity index (χ4n) is 3.37. The average molecular weight is 346 g/mol. The molecule has 134 valence electrons. The highest BCUT2D eigenvalue weighted by molar-refractivity contribution is 6.07. The molecule has 1 unspecified atom stereocenters. The average Bonchev–Trinajstić information content (AvgIpc) is 3.25. The molecule has 1 aromatic carbocycles. The zero-order valence-electron chi connectivity index (χ0n) is 14.3. The van der Waals surface area contributed by atoms with E-state index in [1.54, 1.807) is 12.1 Å². The number of carbonyl (C=O) groups is 1. The highest BCUT2D eigenvalue weighted by atomic mass is 16.7. The van der Waals surface area contributed by atoms with Crippen molar-refractivity contribution in [3.8, 4) is 0 Å². The topological polar surface area (TPSA) is 88.3 Å². The molecule has 2 fully saturated rings. The van der Waals surface area contributed by atoms with E-state index in [2.05, 4.69) is 5.10 Å². The minimum Gasteiger partial charge on any atom is -0.381 e. The molecule has 0 radical (unpaired) electrons. The molecular weight excluding hydrogens is 324 g/mol. The Balaban J connectivity index is 1.84. The lowest BCUT2D eigenvalue weighted by molar-refractivity contribution is -0.486. The maximum Gasteiger partial charge on any atom is 0.281 e. The number of hydrazone groups is 1. The molecule has 8 heteroatoms. The SMILES string of the molecule is CCc1ccccc1C(=O)N1CCN(CC2CCOC2)C1=N[N+](=O)[O-]. The number of hydrogen-bond donors (Lipinski definition) is 0. The van der Waals surface area contributed by atoms with Crippen LogP contribution in [0.2, 0.25) is 0 Å². The molecule has 2 aliphatic rings. The Morgan fingerprint density at radius 2 is 2.20 bits per heavy atom. The van der Waals surface area contributed by atoms with Crippen molar-refractivity contribution in [2.45, 2.75) is 19.8 Å². The molecule has 2 aliphatic heterocycles. The van der Waals surface area contributed by atoms with Crippen LogP contribution in [0.1, 0.15) is 29.3 Å². The monoisotopic (exact) mass is 346 g/mol. The maximum absolute atomic E-state index is 13.0. The lowest BCUT2D eigenvalue weighted by Crippen LogP contribution is -2.40. The van der Waals surface area contributed by atoms with Crippen molar-refractivity contribution in [1.29, 1.82) is 0 Å². The van der Waals surface area contributed by atoms with Crippen LogP contribution in [0.15, 0.2) is 29.4 Å². The van der Waals surface area contributed by atoms with E-state index in [9.17, 15) is 14.9 Å². The fourth-order valence-corrected chi connectivity index (χ4v) is 3.37. The summed E-state index contributed by atoms with van der Waals surface area (Å²) >= 11 is 0. The normalized spacial score (nSPS) is 22.0. The van der Waals surface area contributed by atoms with Crippen LogP contribution in [-0.2, 0) is 11.2 Å². The number of carbonyl (C=O) groups excluding carboxylic acids is 1. The van der Waals surface area contributed by atoms with Crippen molar-refractivity contribution in [3.63, 3.8) is 0 Å². The van der Waals surface area contributed by atoms with Gasteiger partial charge in [0.05, 0.1) is 6.61 Å². The molecule has 1 atom stereocenters. The number of aryl methyl sites for hydroxylation is 1. The summed E-state index contributed by atoms with van der Waals surface area (Å²) in [5.74, 6) is 0.214. The van der Waals surface area contributed by atoms with Gasteiger partial charge in [0.25, 0.3) is 11.9 Å². The van der Waals surface area contributed by atoms with E-state index >= 15 is 0 Å². The molecular formula is C17H22N4O4. The van der Waals surface area contributed by atoms with Gasteiger partial charge in [0.15, 0.2) is 5.03 Å². The van der Waals surface area contributed by atoms with Crippen LogP contribution in [0.25, 0.3) is 0 Å². The van der Waals surface area contributed by atoms with Crippen molar-refractivity contribution in [2.75, 3.05) is 32.8 Å². The zero-order chi connectivity index (χ0) is 17.8. The summed E-state index contributed by atoms with van der Waals surface area (Å²) in [6, 6.07) is 7.36.